The molecule has 0 aromatic rings. The molecule has 19 heavy (non-hydrogen) atoms. The van der Waals surface area contributed by atoms with Gasteiger partial charge in [-0.3, -0.25) is 4.79 Å². The van der Waals surface area contributed by atoms with Gasteiger partial charge in [0.05, 0.1) is 7.11 Å². The first-order valence-corrected chi connectivity index (χ1v) is 7.27. The van der Waals surface area contributed by atoms with Crippen molar-refractivity contribution in [3.63, 3.8) is 0 Å². The van der Waals surface area contributed by atoms with Crippen LogP contribution >= 0.6 is 0 Å². The minimum Gasteiger partial charge on any atom is -0.468 e. The van der Waals surface area contributed by atoms with Crippen molar-refractivity contribution in [3.8, 4) is 0 Å². The van der Waals surface area contributed by atoms with E-state index in [0.717, 1.165) is 52.1 Å². The molecule has 0 saturated carbocycles. The highest BCUT2D eigenvalue weighted by Crippen LogP contribution is 2.14. The smallest absolute Gasteiger partial charge is 0.325 e. The lowest BCUT2D eigenvalue weighted by atomic mass is 9.96. The predicted octanol–water partition coefficient (Wildman–Crippen LogP) is 0.555. The Morgan fingerprint density at radius 2 is 1.84 bits per heavy atom. The monoisotopic (exact) mass is 271 g/mol. The maximum atomic E-state index is 11.7. The number of esters is 1. The molecule has 0 spiro atoms. The summed E-state index contributed by atoms with van der Waals surface area (Å²) in [6.45, 7) is 10.9. The molecule has 0 aliphatic carbocycles. The number of carbonyl (C=O) groups is 1. The van der Waals surface area contributed by atoms with E-state index in [1.54, 1.807) is 0 Å². The zero-order chi connectivity index (χ0) is 14.3. The van der Waals surface area contributed by atoms with Crippen LogP contribution in [0.5, 0.6) is 0 Å². The Bertz CT molecular complexity index is 278. The summed E-state index contributed by atoms with van der Waals surface area (Å²) in [7, 11) is 3.26. The van der Waals surface area contributed by atoms with Crippen LogP contribution < -0.4 is 5.32 Å². The number of ether oxygens (including phenoxy) is 1. The summed E-state index contributed by atoms with van der Waals surface area (Å²) in [5.74, 6) is -0.175. The zero-order valence-electron chi connectivity index (χ0n) is 12.9. The Morgan fingerprint density at radius 3 is 2.32 bits per heavy atom. The molecular weight excluding hydrogens is 242 g/mol. The third-order valence-electron chi connectivity index (χ3n) is 4.25. The van der Waals surface area contributed by atoms with E-state index in [-0.39, 0.29) is 5.97 Å². The van der Waals surface area contributed by atoms with Crippen molar-refractivity contribution in [1.82, 2.24) is 15.1 Å². The lowest BCUT2D eigenvalue weighted by molar-refractivity contribution is -0.148. The second-order valence-electron chi connectivity index (χ2n) is 5.45. The van der Waals surface area contributed by atoms with E-state index in [1.165, 1.54) is 7.11 Å². The number of methoxy groups -OCH3 is 1. The van der Waals surface area contributed by atoms with E-state index in [2.05, 4.69) is 22.0 Å². The number of nitrogens with zero attached hydrogens (tertiary/aromatic N) is 2. The Balaban J connectivity index is 2.28. The third-order valence-corrected chi connectivity index (χ3v) is 4.25. The molecule has 1 saturated heterocycles. The SMILES string of the molecule is CCN1CCN(CCCC(C)(NC)C(=O)OC)CC1. The van der Waals surface area contributed by atoms with Crippen molar-refractivity contribution in [2.24, 2.45) is 0 Å². The molecule has 1 aliphatic heterocycles. The second kappa shape index (κ2) is 7.82. The van der Waals surface area contributed by atoms with Crippen LogP contribution in [0.15, 0.2) is 0 Å². The second-order valence-corrected chi connectivity index (χ2v) is 5.45. The molecular formula is C14H29N3O2. The molecule has 1 aliphatic rings. The van der Waals surface area contributed by atoms with Crippen molar-refractivity contribution in [1.29, 1.82) is 0 Å². The first-order chi connectivity index (χ1) is 9.05. The highest BCUT2D eigenvalue weighted by atomic mass is 16.5. The number of hydrogen-bond acceptors (Lipinski definition) is 5. The molecule has 0 aromatic carbocycles. The zero-order valence-corrected chi connectivity index (χ0v) is 12.9. The number of nitrogens with one attached hydrogen (secondary N) is 1. The van der Waals surface area contributed by atoms with E-state index >= 15 is 0 Å². The average molecular weight is 271 g/mol. The topological polar surface area (TPSA) is 44.8 Å². The van der Waals surface area contributed by atoms with Crippen LogP contribution in [0.25, 0.3) is 0 Å². The summed E-state index contributed by atoms with van der Waals surface area (Å²) in [4.78, 5) is 16.7. The fourth-order valence-corrected chi connectivity index (χ4v) is 2.54. The minimum atomic E-state index is -0.556. The van der Waals surface area contributed by atoms with E-state index in [1.807, 2.05) is 14.0 Å². The van der Waals surface area contributed by atoms with Gasteiger partial charge in [-0.05, 0) is 39.9 Å². The van der Waals surface area contributed by atoms with Gasteiger partial charge in [-0.1, -0.05) is 6.92 Å². The predicted molar refractivity (Wildman–Crippen MR) is 77.3 cm³/mol. The van der Waals surface area contributed by atoms with Crippen LogP contribution in [0.1, 0.15) is 26.7 Å². The Morgan fingerprint density at radius 1 is 1.26 bits per heavy atom. The summed E-state index contributed by atoms with van der Waals surface area (Å²) in [6.07, 6.45) is 1.82. The number of rotatable bonds is 7. The first kappa shape index (κ1) is 16.4. The van der Waals surface area contributed by atoms with E-state index < -0.39 is 5.54 Å². The molecule has 1 heterocycles. The summed E-state index contributed by atoms with van der Waals surface area (Å²) >= 11 is 0. The molecule has 0 radical (unpaired) electrons. The van der Waals surface area contributed by atoms with Crippen LogP contribution in [-0.4, -0.2) is 74.7 Å². The Hall–Kier alpha value is -0.650. The highest BCUT2D eigenvalue weighted by molar-refractivity contribution is 5.80. The van der Waals surface area contributed by atoms with E-state index in [9.17, 15) is 4.79 Å². The molecule has 1 unspecified atom stereocenters. The average Bonchev–Trinajstić information content (AvgIpc) is 2.46. The molecule has 1 N–H and O–H groups in total. The minimum absolute atomic E-state index is 0.175. The Labute approximate surface area is 117 Å². The van der Waals surface area contributed by atoms with Crippen molar-refractivity contribution >= 4 is 5.97 Å². The summed E-state index contributed by atoms with van der Waals surface area (Å²) in [5, 5.41) is 3.08. The van der Waals surface area contributed by atoms with Crippen molar-refractivity contribution < 1.29 is 9.53 Å². The van der Waals surface area contributed by atoms with Crippen molar-refractivity contribution in [2.45, 2.75) is 32.2 Å². The normalized spacial score (nSPS) is 21.1. The molecule has 112 valence electrons. The number of likely N-dealkylation sites (N-methyl/N-ethyl adjacent to an activating group) is 2. The molecule has 1 atom stereocenters. The number of piperazine rings is 1. The molecule has 0 bridgehead atoms. The molecule has 1 fully saturated rings. The fourth-order valence-electron chi connectivity index (χ4n) is 2.54. The van der Waals surface area contributed by atoms with Crippen LogP contribution in [0.3, 0.4) is 0 Å². The van der Waals surface area contributed by atoms with Crippen LogP contribution in [-0.2, 0) is 9.53 Å². The molecule has 0 aromatic heterocycles. The summed E-state index contributed by atoms with van der Waals surface area (Å²) < 4.78 is 4.86. The molecule has 5 heteroatoms. The molecule has 0 amide bonds. The van der Waals surface area contributed by atoms with Crippen molar-refractivity contribution in [2.75, 3.05) is 53.4 Å². The number of carbonyl (C=O) groups excluding carboxylic acids is 1. The van der Waals surface area contributed by atoms with Gasteiger partial charge in [0.15, 0.2) is 0 Å². The standard InChI is InChI=1S/C14H29N3O2/c1-5-16-9-11-17(12-10-16)8-6-7-14(2,15-3)13(18)19-4/h15H,5-12H2,1-4H3. The van der Waals surface area contributed by atoms with E-state index in [0.29, 0.717) is 0 Å². The lowest BCUT2D eigenvalue weighted by Crippen LogP contribution is -2.49. The first-order valence-electron chi connectivity index (χ1n) is 7.27. The third kappa shape index (κ3) is 4.75. The lowest BCUT2D eigenvalue weighted by Gasteiger charge is -2.34. The summed E-state index contributed by atoms with van der Waals surface area (Å²) in [5.41, 5.74) is -0.556. The van der Waals surface area contributed by atoms with E-state index in [4.69, 9.17) is 4.74 Å². The van der Waals surface area contributed by atoms with Gasteiger partial charge in [-0.15, -0.1) is 0 Å². The summed E-state index contributed by atoms with van der Waals surface area (Å²) in [6, 6.07) is 0. The largest absolute Gasteiger partial charge is 0.468 e. The van der Waals surface area contributed by atoms with Gasteiger partial charge in [-0.25, -0.2) is 0 Å². The molecule has 1 rings (SSSR count). The van der Waals surface area contributed by atoms with Gasteiger partial charge < -0.3 is 19.9 Å². The highest BCUT2D eigenvalue weighted by Gasteiger charge is 2.32. The van der Waals surface area contributed by atoms with Crippen molar-refractivity contribution in [3.05, 3.63) is 0 Å². The van der Waals surface area contributed by atoms with Crippen LogP contribution in [0, 0.1) is 0 Å². The van der Waals surface area contributed by atoms with Gasteiger partial charge >= 0.3 is 5.97 Å². The molecule has 5 nitrogen and oxygen atoms in total. The van der Waals surface area contributed by atoms with Crippen LogP contribution in [0.4, 0.5) is 0 Å². The maximum Gasteiger partial charge on any atom is 0.325 e. The van der Waals surface area contributed by atoms with Gasteiger partial charge in [0.25, 0.3) is 0 Å². The Kier molecular flexibility index (Phi) is 6.75. The van der Waals surface area contributed by atoms with Gasteiger partial charge in [0.1, 0.15) is 5.54 Å². The van der Waals surface area contributed by atoms with Gasteiger partial charge in [0.2, 0.25) is 0 Å². The quantitative estimate of drug-likeness (QED) is 0.685. The van der Waals surface area contributed by atoms with Gasteiger partial charge in [-0.2, -0.15) is 0 Å². The van der Waals surface area contributed by atoms with Gasteiger partial charge in [0, 0.05) is 26.2 Å². The van der Waals surface area contributed by atoms with Crippen LogP contribution in [0.2, 0.25) is 0 Å². The maximum absolute atomic E-state index is 11.7. The number of hydrogen-bond donors (Lipinski definition) is 1. The fraction of sp³-hybridized carbons (Fsp3) is 0.929.